The molecule has 0 atom stereocenters. The molecule has 0 fully saturated rings. The Kier molecular flexibility index (Phi) is 12.4. The predicted molar refractivity (Wildman–Crippen MR) is 81.4 cm³/mol. The normalized spacial score (nSPS) is 11.5. The number of rotatable bonds is 11. The van der Waals surface area contributed by atoms with Crippen LogP contribution in [0.4, 0.5) is 0 Å². The van der Waals surface area contributed by atoms with Crippen LogP contribution in [0.3, 0.4) is 0 Å². The molecule has 0 aromatic carbocycles. The summed E-state index contributed by atoms with van der Waals surface area (Å²) in [5.74, 6) is 0. The molecular formula is C14H33InN2. The van der Waals surface area contributed by atoms with Crippen LogP contribution in [0, 0.1) is 0 Å². The molecule has 0 spiro atoms. The Morgan fingerprint density at radius 2 is 1.41 bits per heavy atom. The summed E-state index contributed by atoms with van der Waals surface area (Å²) in [5.41, 5.74) is 0. The first-order valence-electron chi connectivity index (χ1n) is 7.43. The minimum absolute atomic E-state index is 1.12. The summed E-state index contributed by atoms with van der Waals surface area (Å²) >= 11 is -1.12. The third kappa shape index (κ3) is 11.6. The Morgan fingerprint density at radius 1 is 0.824 bits per heavy atom. The standard InChI is InChI=1S/C6H14N.C5H12N.C3H7.In/c1-4-6-7(3)5-2;1-4-5-6(2)3;1-3-2;/h1,4-6H2,2-3H3;1,4-5H2,2-3H3;1,3H2,2H3;. The van der Waals surface area contributed by atoms with Gasteiger partial charge in [0.15, 0.2) is 0 Å². The quantitative estimate of drug-likeness (QED) is 0.568. The van der Waals surface area contributed by atoms with E-state index in [2.05, 4.69) is 44.8 Å². The van der Waals surface area contributed by atoms with Crippen molar-refractivity contribution >= 4 is 21.4 Å². The van der Waals surface area contributed by atoms with Gasteiger partial charge in [0.1, 0.15) is 0 Å². The molecule has 0 aromatic heterocycles. The summed E-state index contributed by atoms with van der Waals surface area (Å²) in [7, 11) is 6.64. The van der Waals surface area contributed by atoms with E-state index in [1.807, 2.05) is 0 Å². The topological polar surface area (TPSA) is 6.48 Å². The monoisotopic (exact) mass is 344 g/mol. The van der Waals surface area contributed by atoms with Crippen molar-refractivity contribution in [2.24, 2.45) is 0 Å². The Labute approximate surface area is 117 Å². The van der Waals surface area contributed by atoms with Gasteiger partial charge in [-0.2, -0.15) is 0 Å². The minimum atomic E-state index is -1.12. The zero-order valence-electron chi connectivity index (χ0n) is 12.8. The maximum absolute atomic E-state index is 2.45. The molecule has 0 bridgehead atoms. The molecule has 0 heterocycles. The van der Waals surface area contributed by atoms with Gasteiger partial charge in [-0.05, 0) is 0 Å². The SMILES string of the molecule is CC[CH2][In]([CH2]CCN(C)C)[CH2]CCN(C)CC. The molecule has 0 aliphatic carbocycles. The van der Waals surface area contributed by atoms with Crippen LogP contribution in [0.2, 0.25) is 12.5 Å². The molecule has 102 valence electrons. The molecule has 0 radical (unpaired) electrons. The summed E-state index contributed by atoms with van der Waals surface area (Å²) in [5, 5.41) is 0. The third-order valence-electron chi connectivity index (χ3n) is 3.61. The first-order chi connectivity index (χ1) is 8.10. The molecule has 0 aromatic rings. The number of hydrogen-bond acceptors (Lipinski definition) is 2. The average molecular weight is 344 g/mol. The predicted octanol–water partition coefficient (Wildman–Crippen LogP) is 3.18. The third-order valence-corrected chi connectivity index (χ3v) is 14.6. The van der Waals surface area contributed by atoms with E-state index in [-0.39, 0.29) is 0 Å². The van der Waals surface area contributed by atoms with Crippen LogP contribution in [0.5, 0.6) is 0 Å². The van der Waals surface area contributed by atoms with Crippen LogP contribution < -0.4 is 0 Å². The van der Waals surface area contributed by atoms with E-state index in [9.17, 15) is 0 Å². The molecule has 0 aliphatic rings. The zero-order chi connectivity index (χ0) is 13.1. The van der Waals surface area contributed by atoms with Crippen LogP contribution in [-0.2, 0) is 0 Å². The van der Waals surface area contributed by atoms with E-state index < -0.39 is 21.4 Å². The van der Waals surface area contributed by atoms with Crippen molar-refractivity contribution in [3.05, 3.63) is 0 Å². The van der Waals surface area contributed by atoms with Gasteiger partial charge in [0.25, 0.3) is 0 Å². The van der Waals surface area contributed by atoms with Crippen LogP contribution in [0.1, 0.15) is 33.1 Å². The Balaban J connectivity index is 3.66. The molecule has 3 heteroatoms. The Morgan fingerprint density at radius 3 is 1.88 bits per heavy atom. The van der Waals surface area contributed by atoms with Crippen LogP contribution in [0.25, 0.3) is 0 Å². The first kappa shape index (κ1) is 17.8. The van der Waals surface area contributed by atoms with Gasteiger partial charge in [0.2, 0.25) is 0 Å². The van der Waals surface area contributed by atoms with E-state index in [0.717, 1.165) is 0 Å². The second-order valence-corrected chi connectivity index (χ2v) is 15.5. The number of hydrogen-bond donors (Lipinski definition) is 0. The molecule has 2 nitrogen and oxygen atoms in total. The van der Waals surface area contributed by atoms with Gasteiger partial charge in [-0.15, -0.1) is 0 Å². The van der Waals surface area contributed by atoms with Crippen molar-refractivity contribution in [1.82, 2.24) is 9.80 Å². The molecular weight excluding hydrogens is 311 g/mol. The van der Waals surface area contributed by atoms with Crippen molar-refractivity contribution < 1.29 is 0 Å². The molecule has 0 rings (SSSR count). The van der Waals surface area contributed by atoms with Gasteiger partial charge < -0.3 is 0 Å². The van der Waals surface area contributed by atoms with Gasteiger partial charge >= 0.3 is 118 Å². The number of nitrogens with zero attached hydrogens (tertiary/aromatic N) is 2. The summed E-state index contributed by atoms with van der Waals surface area (Å²) in [6.45, 7) is 8.44. The molecule has 17 heavy (non-hydrogen) atoms. The molecule has 0 saturated carbocycles. The maximum atomic E-state index is 2.45. The molecule has 0 N–H and O–H groups in total. The van der Waals surface area contributed by atoms with E-state index in [0.29, 0.717) is 0 Å². The fraction of sp³-hybridized carbons (Fsp3) is 1.00. The molecule has 0 amide bonds. The van der Waals surface area contributed by atoms with Gasteiger partial charge in [0, 0.05) is 0 Å². The fourth-order valence-electron chi connectivity index (χ4n) is 2.35. The summed E-state index contributed by atoms with van der Waals surface area (Å²) in [6.07, 6.45) is 4.36. The molecule has 0 aliphatic heterocycles. The Hall–Kier alpha value is 0.790. The van der Waals surface area contributed by atoms with E-state index >= 15 is 0 Å². The average Bonchev–Trinajstić information content (AvgIpc) is 2.28. The molecule has 0 unspecified atom stereocenters. The van der Waals surface area contributed by atoms with Crippen molar-refractivity contribution in [3.63, 3.8) is 0 Å². The molecule has 0 saturated heterocycles. The van der Waals surface area contributed by atoms with E-state index in [1.54, 1.807) is 12.5 Å². The van der Waals surface area contributed by atoms with Crippen molar-refractivity contribution in [2.45, 2.75) is 45.6 Å². The van der Waals surface area contributed by atoms with Gasteiger partial charge in [0.05, 0.1) is 0 Å². The van der Waals surface area contributed by atoms with Gasteiger partial charge in [-0.25, -0.2) is 0 Å². The van der Waals surface area contributed by atoms with Gasteiger partial charge in [-0.1, -0.05) is 0 Å². The van der Waals surface area contributed by atoms with Crippen molar-refractivity contribution in [1.29, 1.82) is 0 Å². The van der Waals surface area contributed by atoms with Crippen LogP contribution >= 0.6 is 0 Å². The zero-order valence-corrected chi connectivity index (χ0v) is 16.1. The van der Waals surface area contributed by atoms with E-state index in [4.69, 9.17) is 0 Å². The summed E-state index contributed by atoms with van der Waals surface area (Å²) < 4.78 is 4.89. The van der Waals surface area contributed by atoms with E-state index in [1.165, 1.54) is 38.9 Å². The van der Waals surface area contributed by atoms with Crippen molar-refractivity contribution in [2.75, 3.05) is 40.8 Å². The van der Waals surface area contributed by atoms with Crippen molar-refractivity contribution in [3.8, 4) is 0 Å². The van der Waals surface area contributed by atoms with Gasteiger partial charge in [-0.3, -0.25) is 0 Å². The first-order valence-corrected chi connectivity index (χ1v) is 14.4. The second kappa shape index (κ2) is 11.9. The second-order valence-electron chi connectivity index (χ2n) is 5.64. The summed E-state index contributed by atoms with van der Waals surface area (Å²) in [6, 6.07) is 0. The van der Waals surface area contributed by atoms with Crippen LogP contribution in [0.15, 0.2) is 0 Å². The summed E-state index contributed by atoms with van der Waals surface area (Å²) in [4.78, 5) is 4.79. The Bertz CT molecular complexity index is 162. The van der Waals surface area contributed by atoms with Crippen LogP contribution in [-0.4, -0.2) is 72.0 Å². The fourth-order valence-corrected chi connectivity index (χ4v) is 11.5.